The van der Waals surface area contributed by atoms with E-state index in [1.54, 1.807) is 30.3 Å². The predicted octanol–water partition coefficient (Wildman–Crippen LogP) is 6.71. The smallest absolute Gasteiger partial charge is 0.180 e. The summed E-state index contributed by atoms with van der Waals surface area (Å²) in [4.78, 5) is 7.73. The molecule has 0 spiro atoms. The van der Waals surface area contributed by atoms with Crippen LogP contribution in [0.25, 0.3) is 22.7 Å². The molecule has 33 heavy (non-hydrogen) atoms. The monoisotopic (exact) mass is 461 g/mol. The van der Waals surface area contributed by atoms with E-state index in [-0.39, 0.29) is 12.4 Å². The largest absolute Gasteiger partial charge is 0.490 e. The molecule has 1 N–H and O–H groups in total. The fourth-order valence-electron chi connectivity index (χ4n) is 3.38. The van der Waals surface area contributed by atoms with E-state index in [9.17, 15) is 9.65 Å². The lowest BCUT2D eigenvalue weighted by Crippen LogP contribution is -2.01. The van der Waals surface area contributed by atoms with Crippen molar-refractivity contribution >= 4 is 34.3 Å². The van der Waals surface area contributed by atoms with E-state index in [4.69, 9.17) is 21.1 Å². The summed E-state index contributed by atoms with van der Waals surface area (Å²) in [6, 6.07) is 17.6. The van der Waals surface area contributed by atoms with Crippen molar-refractivity contribution in [2.75, 3.05) is 6.61 Å². The minimum atomic E-state index is -0.309. The number of aromatic amines is 1. The molecular formula is C26H21ClFN3O2. The number of nitriles is 1. The van der Waals surface area contributed by atoms with Gasteiger partial charge in [0.05, 0.1) is 28.2 Å². The number of fused-ring (bicyclic) bond motifs is 1. The van der Waals surface area contributed by atoms with E-state index in [1.807, 2.05) is 32.0 Å². The summed E-state index contributed by atoms with van der Waals surface area (Å²) in [5.41, 5.74) is 4.58. The third kappa shape index (κ3) is 5.16. The van der Waals surface area contributed by atoms with E-state index >= 15 is 0 Å². The highest BCUT2D eigenvalue weighted by molar-refractivity contribution is 6.32. The molecule has 0 bridgehead atoms. The summed E-state index contributed by atoms with van der Waals surface area (Å²) >= 11 is 6.52. The lowest BCUT2D eigenvalue weighted by molar-refractivity contribution is 0.269. The highest BCUT2D eigenvalue weighted by Gasteiger charge is 2.14. The summed E-state index contributed by atoms with van der Waals surface area (Å²) in [5, 5.41) is 10.1. The Morgan fingerprint density at radius 2 is 1.94 bits per heavy atom. The minimum Gasteiger partial charge on any atom is -0.490 e. The van der Waals surface area contributed by atoms with E-state index in [1.165, 1.54) is 12.1 Å². The number of aromatic nitrogens is 2. The lowest BCUT2D eigenvalue weighted by Gasteiger charge is -2.14. The number of H-pyrrole nitrogens is 1. The highest BCUT2D eigenvalue weighted by Crippen LogP contribution is 2.38. The molecule has 0 aliphatic carbocycles. The Bertz CT molecular complexity index is 1370. The molecule has 4 aromatic rings. The van der Waals surface area contributed by atoms with Gasteiger partial charge in [-0.3, -0.25) is 0 Å². The van der Waals surface area contributed by atoms with Gasteiger partial charge in [0.2, 0.25) is 0 Å². The Morgan fingerprint density at radius 3 is 2.67 bits per heavy atom. The third-order valence-corrected chi connectivity index (χ3v) is 5.23. The molecule has 5 nitrogen and oxygen atoms in total. The normalized spacial score (nSPS) is 11.4. The number of benzene rings is 3. The van der Waals surface area contributed by atoms with Crippen LogP contribution in [0.5, 0.6) is 11.5 Å². The van der Waals surface area contributed by atoms with Crippen LogP contribution < -0.4 is 9.47 Å². The molecule has 0 saturated heterocycles. The fraction of sp³-hybridized carbons (Fsp3) is 0.154. The van der Waals surface area contributed by atoms with Gasteiger partial charge in [0, 0.05) is 0 Å². The number of aryl methyl sites for hydroxylation is 1. The quantitative estimate of drug-likeness (QED) is 0.310. The van der Waals surface area contributed by atoms with E-state index < -0.39 is 0 Å². The van der Waals surface area contributed by atoms with Crippen LogP contribution in [0.2, 0.25) is 5.02 Å². The van der Waals surface area contributed by atoms with E-state index in [0.29, 0.717) is 40.1 Å². The summed E-state index contributed by atoms with van der Waals surface area (Å²) in [6.07, 6.45) is 1.70. The van der Waals surface area contributed by atoms with Crippen molar-refractivity contribution in [1.29, 1.82) is 5.26 Å². The van der Waals surface area contributed by atoms with Crippen LogP contribution in [0.15, 0.2) is 54.6 Å². The zero-order chi connectivity index (χ0) is 23.4. The number of ether oxygens (including phenoxy) is 2. The molecule has 0 atom stereocenters. The Balaban J connectivity index is 1.65. The SMILES string of the molecule is CCOc1cc(C=C(C#N)c2nc3ccc(C)cc3[nH]2)cc(Cl)c1OCc1ccc(F)cc1. The maximum absolute atomic E-state index is 13.1. The average Bonchev–Trinajstić information content (AvgIpc) is 3.21. The van der Waals surface area contributed by atoms with Crippen LogP contribution in [-0.2, 0) is 6.61 Å². The summed E-state index contributed by atoms with van der Waals surface area (Å²) in [5.74, 6) is 1.01. The first-order valence-electron chi connectivity index (χ1n) is 10.4. The number of hydrogen-bond donors (Lipinski definition) is 1. The second-order valence-corrected chi connectivity index (χ2v) is 7.86. The van der Waals surface area contributed by atoms with Crippen molar-refractivity contribution in [3.05, 3.63) is 88.0 Å². The van der Waals surface area contributed by atoms with Crippen molar-refractivity contribution in [3.63, 3.8) is 0 Å². The van der Waals surface area contributed by atoms with Gasteiger partial charge in [-0.15, -0.1) is 0 Å². The zero-order valence-corrected chi connectivity index (χ0v) is 18.9. The highest BCUT2D eigenvalue weighted by atomic mass is 35.5. The second-order valence-electron chi connectivity index (χ2n) is 7.45. The Morgan fingerprint density at radius 1 is 1.15 bits per heavy atom. The Labute approximate surface area is 196 Å². The Kier molecular flexibility index (Phi) is 6.62. The first-order chi connectivity index (χ1) is 16.0. The van der Waals surface area contributed by atoms with E-state index in [2.05, 4.69) is 16.0 Å². The summed E-state index contributed by atoms with van der Waals surface area (Å²) in [6.45, 7) is 4.47. The number of halogens is 2. The van der Waals surface area contributed by atoms with Gasteiger partial charge in [0.1, 0.15) is 24.3 Å². The van der Waals surface area contributed by atoms with Gasteiger partial charge >= 0.3 is 0 Å². The summed E-state index contributed by atoms with van der Waals surface area (Å²) < 4.78 is 24.8. The molecule has 1 aromatic heterocycles. The number of nitrogens with one attached hydrogen (secondary N) is 1. The standard InChI is InChI=1S/C26H21ClFN3O2/c1-3-32-24-13-18(12-21(27)25(24)33-15-17-5-7-20(28)8-6-17)11-19(14-29)26-30-22-9-4-16(2)10-23(22)31-26/h4-13H,3,15H2,1-2H3,(H,30,31). The maximum Gasteiger partial charge on any atom is 0.180 e. The van der Waals surface area contributed by atoms with Crippen LogP contribution in [0, 0.1) is 24.1 Å². The first-order valence-corrected chi connectivity index (χ1v) is 10.8. The van der Waals surface area contributed by atoms with E-state index in [0.717, 1.165) is 22.2 Å². The molecule has 0 radical (unpaired) electrons. The summed E-state index contributed by atoms with van der Waals surface area (Å²) in [7, 11) is 0. The van der Waals surface area contributed by atoms with Gasteiger partial charge < -0.3 is 14.5 Å². The predicted molar refractivity (Wildman–Crippen MR) is 128 cm³/mol. The molecule has 0 fully saturated rings. The van der Waals surface area contributed by atoms with Gasteiger partial charge in [-0.2, -0.15) is 5.26 Å². The zero-order valence-electron chi connectivity index (χ0n) is 18.2. The molecule has 0 unspecified atom stereocenters. The minimum absolute atomic E-state index is 0.205. The topological polar surface area (TPSA) is 70.9 Å². The number of nitrogens with zero attached hydrogens (tertiary/aromatic N) is 2. The number of allylic oxidation sites excluding steroid dienone is 1. The first kappa shape index (κ1) is 22.4. The molecule has 7 heteroatoms. The van der Waals surface area contributed by atoms with Crippen molar-refractivity contribution in [3.8, 4) is 17.6 Å². The average molecular weight is 462 g/mol. The molecule has 4 rings (SSSR count). The van der Waals surface area contributed by atoms with Gasteiger partial charge in [0.15, 0.2) is 11.5 Å². The van der Waals surface area contributed by atoms with Gasteiger partial charge in [-0.05, 0) is 73.0 Å². The number of imidazole rings is 1. The molecule has 0 aliphatic heterocycles. The lowest BCUT2D eigenvalue weighted by atomic mass is 10.1. The van der Waals surface area contributed by atoms with Crippen molar-refractivity contribution in [1.82, 2.24) is 9.97 Å². The van der Waals surface area contributed by atoms with Crippen LogP contribution in [0.4, 0.5) is 4.39 Å². The van der Waals surface area contributed by atoms with Crippen molar-refractivity contribution < 1.29 is 13.9 Å². The molecule has 1 heterocycles. The van der Waals surface area contributed by atoms with Crippen molar-refractivity contribution in [2.45, 2.75) is 20.5 Å². The molecule has 166 valence electrons. The molecular weight excluding hydrogens is 441 g/mol. The Hall–Kier alpha value is -3.82. The molecule has 3 aromatic carbocycles. The third-order valence-electron chi connectivity index (χ3n) is 4.95. The maximum atomic E-state index is 13.1. The van der Waals surface area contributed by atoms with Gasteiger partial charge in [-0.25, -0.2) is 9.37 Å². The van der Waals surface area contributed by atoms with Crippen LogP contribution in [-0.4, -0.2) is 16.6 Å². The molecule has 0 aliphatic rings. The molecule has 0 amide bonds. The number of rotatable bonds is 7. The van der Waals surface area contributed by atoms with Crippen molar-refractivity contribution in [2.24, 2.45) is 0 Å². The van der Waals surface area contributed by atoms with Crippen LogP contribution >= 0.6 is 11.6 Å². The fourth-order valence-corrected chi connectivity index (χ4v) is 3.66. The molecule has 0 saturated carbocycles. The van der Waals surface area contributed by atoms with Crippen LogP contribution in [0.3, 0.4) is 0 Å². The van der Waals surface area contributed by atoms with Gasteiger partial charge in [-0.1, -0.05) is 29.8 Å². The number of hydrogen-bond acceptors (Lipinski definition) is 4. The second kappa shape index (κ2) is 9.76. The van der Waals surface area contributed by atoms with Gasteiger partial charge in [0.25, 0.3) is 0 Å². The van der Waals surface area contributed by atoms with Crippen LogP contribution in [0.1, 0.15) is 29.4 Å².